The molecule has 0 aliphatic heterocycles. The first-order valence-corrected chi connectivity index (χ1v) is 11.2. The minimum atomic E-state index is -0.638. The molecular formula is C24H31FN2O2S. The van der Waals surface area contributed by atoms with E-state index in [2.05, 4.69) is 11.4 Å². The summed E-state index contributed by atoms with van der Waals surface area (Å²) in [5.41, 5.74) is 2.74. The van der Waals surface area contributed by atoms with Crippen molar-refractivity contribution in [1.82, 2.24) is 10.2 Å². The predicted molar refractivity (Wildman–Crippen MR) is 122 cm³/mol. The molecule has 0 spiro atoms. The monoisotopic (exact) mass is 430 g/mol. The Hall–Kier alpha value is -2.34. The highest BCUT2D eigenvalue weighted by Gasteiger charge is 2.28. The Morgan fingerprint density at radius 2 is 1.77 bits per heavy atom. The van der Waals surface area contributed by atoms with Crippen LogP contribution in [0.3, 0.4) is 0 Å². The number of amides is 2. The van der Waals surface area contributed by atoms with Crippen molar-refractivity contribution in [3.8, 4) is 0 Å². The fraction of sp³-hybridized carbons (Fsp3) is 0.417. The van der Waals surface area contributed by atoms with Crippen LogP contribution in [0.15, 0.2) is 48.5 Å². The molecule has 30 heavy (non-hydrogen) atoms. The Morgan fingerprint density at radius 3 is 2.37 bits per heavy atom. The second-order valence-corrected chi connectivity index (χ2v) is 9.53. The van der Waals surface area contributed by atoms with Crippen molar-refractivity contribution in [3.63, 3.8) is 0 Å². The molecule has 6 heteroatoms. The zero-order valence-corrected chi connectivity index (χ0v) is 19.2. The van der Waals surface area contributed by atoms with Gasteiger partial charge in [0.2, 0.25) is 11.8 Å². The molecule has 162 valence electrons. The number of hydrogen-bond acceptors (Lipinski definition) is 3. The molecule has 0 aliphatic rings. The van der Waals surface area contributed by atoms with Crippen molar-refractivity contribution in [2.45, 2.75) is 58.5 Å². The van der Waals surface area contributed by atoms with Crippen LogP contribution in [0.4, 0.5) is 4.39 Å². The molecule has 1 atom stereocenters. The first kappa shape index (κ1) is 23.9. The van der Waals surface area contributed by atoms with Gasteiger partial charge < -0.3 is 10.2 Å². The lowest BCUT2D eigenvalue weighted by Gasteiger charge is -2.31. The minimum Gasteiger partial charge on any atom is -0.350 e. The lowest BCUT2D eigenvalue weighted by atomic mass is 10.1. The minimum absolute atomic E-state index is 0.117. The van der Waals surface area contributed by atoms with E-state index in [1.165, 1.54) is 29.5 Å². The van der Waals surface area contributed by atoms with Crippen LogP contribution in [0.25, 0.3) is 0 Å². The SMILES string of the molecule is Cc1cccc(CSCC(=O)N(Cc2ccc(F)cc2)[C@H](C)C(=O)NC(C)(C)C)c1. The van der Waals surface area contributed by atoms with Crippen LogP contribution < -0.4 is 5.32 Å². The molecule has 2 aromatic carbocycles. The van der Waals surface area contributed by atoms with Crippen LogP contribution in [0.5, 0.6) is 0 Å². The van der Waals surface area contributed by atoms with Gasteiger partial charge in [0.15, 0.2) is 0 Å². The van der Waals surface area contributed by atoms with Crippen molar-refractivity contribution in [2.75, 3.05) is 5.75 Å². The van der Waals surface area contributed by atoms with Crippen molar-refractivity contribution in [1.29, 1.82) is 0 Å². The molecular weight excluding hydrogens is 399 g/mol. The van der Waals surface area contributed by atoms with E-state index in [1.54, 1.807) is 24.0 Å². The second-order valence-electron chi connectivity index (χ2n) is 8.55. The maximum absolute atomic E-state index is 13.3. The molecule has 0 heterocycles. The van der Waals surface area contributed by atoms with Crippen LogP contribution in [-0.4, -0.2) is 34.0 Å². The molecule has 0 unspecified atom stereocenters. The fourth-order valence-electron chi connectivity index (χ4n) is 2.98. The van der Waals surface area contributed by atoms with Gasteiger partial charge in [-0.15, -0.1) is 11.8 Å². The molecule has 2 aromatic rings. The third-order valence-electron chi connectivity index (χ3n) is 4.51. The van der Waals surface area contributed by atoms with E-state index in [-0.39, 0.29) is 29.9 Å². The number of hydrogen-bond donors (Lipinski definition) is 1. The van der Waals surface area contributed by atoms with Gasteiger partial charge in [0.1, 0.15) is 11.9 Å². The van der Waals surface area contributed by atoms with E-state index in [0.29, 0.717) is 0 Å². The third-order valence-corrected chi connectivity index (χ3v) is 5.50. The molecule has 0 bridgehead atoms. The Bertz CT molecular complexity index is 862. The number of nitrogens with one attached hydrogen (secondary N) is 1. The zero-order chi connectivity index (χ0) is 22.3. The van der Waals surface area contributed by atoms with Crippen LogP contribution in [0.1, 0.15) is 44.4 Å². The van der Waals surface area contributed by atoms with Gasteiger partial charge in [-0.05, 0) is 57.9 Å². The molecule has 0 saturated heterocycles. The van der Waals surface area contributed by atoms with Gasteiger partial charge in [-0.25, -0.2) is 4.39 Å². The van der Waals surface area contributed by atoms with Gasteiger partial charge in [-0.3, -0.25) is 9.59 Å². The molecule has 0 fully saturated rings. The Labute approximate surface area is 183 Å². The predicted octanol–water partition coefficient (Wildman–Crippen LogP) is 4.70. The molecule has 1 N–H and O–H groups in total. The van der Waals surface area contributed by atoms with Crippen molar-refractivity contribution < 1.29 is 14.0 Å². The van der Waals surface area contributed by atoms with Gasteiger partial charge in [0.25, 0.3) is 0 Å². The average Bonchev–Trinajstić information content (AvgIpc) is 2.65. The van der Waals surface area contributed by atoms with Crippen LogP contribution >= 0.6 is 11.8 Å². The molecule has 2 rings (SSSR count). The van der Waals surface area contributed by atoms with E-state index in [4.69, 9.17) is 0 Å². The normalized spacial score (nSPS) is 12.3. The number of thioether (sulfide) groups is 1. The summed E-state index contributed by atoms with van der Waals surface area (Å²) in [6.45, 7) is 9.74. The zero-order valence-electron chi connectivity index (χ0n) is 18.4. The number of benzene rings is 2. The van der Waals surface area contributed by atoms with E-state index >= 15 is 0 Å². The summed E-state index contributed by atoms with van der Waals surface area (Å²) in [7, 11) is 0. The van der Waals surface area contributed by atoms with Crippen LogP contribution in [-0.2, 0) is 21.9 Å². The summed E-state index contributed by atoms with van der Waals surface area (Å²) >= 11 is 1.52. The van der Waals surface area contributed by atoms with Crippen molar-refractivity contribution in [2.24, 2.45) is 0 Å². The van der Waals surface area contributed by atoms with E-state index in [9.17, 15) is 14.0 Å². The first-order chi connectivity index (χ1) is 14.0. The third kappa shape index (κ3) is 7.82. The maximum Gasteiger partial charge on any atom is 0.242 e. The highest BCUT2D eigenvalue weighted by atomic mass is 32.2. The van der Waals surface area contributed by atoms with Crippen LogP contribution in [0.2, 0.25) is 0 Å². The summed E-state index contributed by atoms with van der Waals surface area (Å²) in [6, 6.07) is 13.6. The quantitative estimate of drug-likeness (QED) is 0.660. The number of rotatable bonds is 8. The van der Waals surface area contributed by atoms with E-state index in [0.717, 1.165) is 16.9 Å². The second kappa shape index (κ2) is 10.6. The van der Waals surface area contributed by atoms with Gasteiger partial charge in [-0.2, -0.15) is 0 Å². The Morgan fingerprint density at radius 1 is 1.10 bits per heavy atom. The standard InChI is InChI=1S/C24H31FN2O2S/c1-17-7-6-8-20(13-17)15-30-16-22(28)27(14-19-9-11-21(25)12-10-19)18(2)23(29)26-24(3,4)5/h6-13,18H,14-16H2,1-5H3,(H,26,29)/t18-/m1/s1. The molecule has 2 amide bonds. The smallest absolute Gasteiger partial charge is 0.242 e. The molecule has 4 nitrogen and oxygen atoms in total. The first-order valence-electron chi connectivity index (χ1n) is 10.0. The Balaban J connectivity index is 2.09. The van der Waals surface area contributed by atoms with E-state index in [1.807, 2.05) is 45.9 Å². The van der Waals surface area contributed by atoms with Crippen LogP contribution in [0, 0.1) is 12.7 Å². The number of aryl methyl sites for hydroxylation is 1. The highest BCUT2D eigenvalue weighted by Crippen LogP contribution is 2.17. The van der Waals surface area contributed by atoms with Gasteiger partial charge in [-0.1, -0.05) is 42.0 Å². The number of nitrogens with zero attached hydrogens (tertiary/aromatic N) is 1. The lowest BCUT2D eigenvalue weighted by molar-refractivity contribution is -0.139. The lowest BCUT2D eigenvalue weighted by Crippen LogP contribution is -2.52. The van der Waals surface area contributed by atoms with Crippen molar-refractivity contribution in [3.05, 3.63) is 71.0 Å². The van der Waals surface area contributed by atoms with Gasteiger partial charge in [0.05, 0.1) is 5.75 Å². The maximum atomic E-state index is 13.3. The van der Waals surface area contributed by atoms with E-state index < -0.39 is 11.6 Å². The summed E-state index contributed by atoms with van der Waals surface area (Å²) in [5, 5.41) is 2.94. The number of carbonyl (C=O) groups excluding carboxylic acids is 2. The van der Waals surface area contributed by atoms with Crippen molar-refractivity contribution >= 4 is 23.6 Å². The summed E-state index contributed by atoms with van der Waals surface area (Å²) in [5.74, 6) is 0.335. The number of halogens is 1. The molecule has 0 radical (unpaired) electrons. The molecule has 0 saturated carbocycles. The molecule has 0 aromatic heterocycles. The average molecular weight is 431 g/mol. The van der Waals surface area contributed by atoms with Gasteiger partial charge >= 0.3 is 0 Å². The molecule has 0 aliphatic carbocycles. The number of carbonyl (C=O) groups is 2. The Kier molecular flexibility index (Phi) is 8.47. The topological polar surface area (TPSA) is 49.4 Å². The summed E-state index contributed by atoms with van der Waals surface area (Å²) < 4.78 is 13.3. The largest absolute Gasteiger partial charge is 0.350 e. The summed E-state index contributed by atoms with van der Waals surface area (Å²) in [6.07, 6.45) is 0. The fourth-order valence-corrected chi connectivity index (χ4v) is 3.84. The van der Waals surface area contributed by atoms with Gasteiger partial charge in [0, 0.05) is 17.8 Å². The highest BCUT2D eigenvalue weighted by molar-refractivity contribution is 7.99. The summed E-state index contributed by atoms with van der Waals surface area (Å²) in [4.78, 5) is 27.3.